The number of aliphatic hydroxyl groups excluding tert-OH is 2. The Morgan fingerprint density at radius 2 is 1.88 bits per heavy atom. The summed E-state index contributed by atoms with van der Waals surface area (Å²) in [5.41, 5.74) is 7.60. The van der Waals surface area contributed by atoms with Crippen LogP contribution in [0.15, 0.2) is 54.6 Å². The van der Waals surface area contributed by atoms with Gasteiger partial charge in [-0.25, -0.2) is 4.79 Å². The summed E-state index contributed by atoms with van der Waals surface area (Å²) in [6, 6.07) is 16.0. The number of carbonyl (C=O) groups is 1. The van der Waals surface area contributed by atoms with Gasteiger partial charge in [0.25, 0.3) is 0 Å². The number of nitrogens with one attached hydrogen (secondary N) is 1. The summed E-state index contributed by atoms with van der Waals surface area (Å²) in [4.78, 5) is 11.6. The van der Waals surface area contributed by atoms with Crippen molar-refractivity contribution in [3.63, 3.8) is 0 Å². The molecule has 6 nitrogen and oxygen atoms in total. The Bertz CT molecular complexity index is 648. The van der Waals surface area contributed by atoms with Gasteiger partial charge in [0.15, 0.2) is 0 Å². The lowest BCUT2D eigenvalue weighted by atomic mass is 10.0. The van der Waals surface area contributed by atoms with Crippen molar-refractivity contribution in [3.8, 4) is 0 Å². The molecule has 0 aliphatic carbocycles. The van der Waals surface area contributed by atoms with Gasteiger partial charge in [-0.05, 0) is 29.7 Å². The third-order valence-electron chi connectivity index (χ3n) is 3.54. The molecule has 2 aromatic carbocycles. The zero-order chi connectivity index (χ0) is 17.4. The first-order valence-corrected chi connectivity index (χ1v) is 7.72. The summed E-state index contributed by atoms with van der Waals surface area (Å²) < 4.78 is 5.06. The lowest BCUT2D eigenvalue weighted by Gasteiger charge is -2.18. The van der Waals surface area contributed by atoms with Gasteiger partial charge in [-0.1, -0.05) is 42.5 Å². The lowest BCUT2D eigenvalue weighted by Crippen LogP contribution is -2.29. The van der Waals surface area contributed by atoms with E-state index in [9.17, 15) is 15.0 Å². The maximum absolute atomic E-state index is 11.6. The zero-order valence-corrected chi connectivity index (χ0v) is 13.3. The highest BCUT2D eigenvalue weighted by atomic mass is 16.5. The van der Waals surface area contributed by atoms with Crippen molar-refractivity contribution in [2.45, 2.75) is 25.2 Å². The van der Waals surface area contributed by atoms with Crippen molar-refractivity contribution in [2.75, 3.05) is 12.3 Å². The number of hydrogen-bond donors (Lipinski definition) is 4. The minimum Gasteiger partial charge on any atom is -0.445 e. The molecule has 24 heavy (non-hydrogen) atoms. The molecular formula is C18H22N2O4. The second kappa shape index (κ2) is 8.90. The number of anilines is 1. The lowest BCUT2D eigenvalue weighted by molar-refractivity contribution is 0.0136. The van der Waals surface area contributed by atoms with E-state index in [2.05, 4.69) is 5.32 Å². The van der Waals surface area contributed by atoms with Gasteiger partial charge in [0.05, 0.1) is 6.10 Å². The maximum Gasteiger partial charge on any atom is 0.407 e. The molecule has 0 aromatic heterocycles. The predicted octanol–water partition coefficient (Wildman–Crippen LogP) is 1.98. The van der Waals surface area contributed by atoms with Crippen LogP contribution in [0.3, 0.4) is 0 Å². The van der Waals surface area contributed by atoms with Gasteiger partial charge in [-0.15, -0.1) is 0 Å². The molecule has 6 heteroatoms. The van der Waals surface area contributed by atoms with Crippen molar-refractivity contribution in [1.82, 2.24) is 5.32 Å². The number of benzene rings is 2. The van der Waals surface area contributed by atoms with E-state index in [1.54, 1.807) is 24.3 Å². The molecular weight excluding hydrogens is 308 g/mol. The van der Waals surface area contributed by atoms with E-state index in [1.807, 2.05) is 30.3 Å². The van der Waals surface area contributed by atoms with Gasteiger partial charge in [-0.2, -0.15) is 0 Å². The highest BCUT2D eigenvalue weighted by Gasteiger charge is 2.18. The normalized spacial score (nSPS) is 13.1. The molecule has 0 fully saturated rings. The SMILES string of the molecule is Nc1cccc(C(O)C(O)CCNC(=O)OCc2ccccc2)c1. The maximum atomic E-state index is 11.6. The first-order chi connectivity index (χ1) is 11.6. The van der Waals surface area contributed by atoms with E-state index in [-0.39, 0.29) is 19.6 Å². The van der Waals surface area contributed by atoms with E-state index in [1.165, 1.54) is 0 Å². The van der Waals surface area contributed by atoms with Crippen LogP contribution in [0.5, 0.6) is 0 Å². The number of aliphatic hydroxyl groups is 2. The molecule has 2 unspecified atom stereocenters. The van der Waals surface area contributed by atoms with Gasteiger partial charge in [0, 0.05) is 12.2 Å². The van der Waals surface area contributed by atoms with Crippen LogP contribution in [-0.4, -0.2) is 29.0 Å². The fourth-order valence-electron chi connectivity index (χ4n) is 2.22. The van der Waals surface area contributed by atoms with Crippen LogP contribution >= 0.6 is 0 Å². The topological polar surface area (TPSA) is 105 Å². The summed E-state index contributed by atoms with van der Waals surface area (Å²) in [5, 5.41) is 22.6. The smallest absolute Gasteiger partial charge is 0.407 e. The summed E-state index contributed by atoms with van der Waals surface area (Å²) in [5.74, 6) is 0. The molecule has 2 rings (SSSR count). The summed E-state index contributed by atoms with van der Waals surface area (Å²) >= 11 is 0. The van der Waals surface area contributed by atoms with E-state index in [0.29, 0.717) is 11.3 Å². The minimum atomic E-state index is -1.06. The number of nitrogens with two attached hydrogens (primary N) is 1. The highest BCUT2D eigenvalue weighted by molar-refractivity contribution is 5.67. The summed E-state index contributed by atoms with van der Waals surface area (Å²) in [6.45, 7) is 0.370. The largest absolute Gasteiger partial charge is 0.445 e. The standard InChI is InChI=1S/C18H22N2O4/c19-15-8-4-7-14(11-15)17(22)16(21)9-10-20-18(23)24-12-13-5-2-1-3-6-13/h1-8,11,16-17,21-22H,9-10,12,19H2,(H,20,23). The Labute approximate surface area is 140 Å². The van der Waals surface area contributed by atoms with E-state index in [4.69, 9.17) is 10.5 Å². The van der Waals surface area contributed by atoms with Crippen molar-refractivity contribution >= 4 is 11.8 Å². The summed E-state index contributed by atoms with van der Waals surface area (Å²) in [6.07, 6.45) is -2.45. The number of ether oxygens (including phenoxy) is 1. The molecule has 0 aliphatic rings. The molecule has 0 saturated heterocycles. The number of nitrogen functional groups attached to an aromatic ring is 1. The Morgan fingerprint density at radius 1 is 1.12 bits per heavy atom. The van der Waals surface area contributed by atoms with Crippen LogP contribution in [0, 0.1) is 0 Å². The molecule has 0 radical (unpaired) electrons. The quantitative estimate of drug-likeness (QED) is 0.581. The van der Waals surface area contributed by atoms with Crippen LogP contribution < -0.4 is 11.1 Å². The second-order valence-electron chi connectivity index (χ2n) is 5.46. The van der Waals surface area contributed by atoms with Crippen molar-refractivity contribution < 1.29 is 19.7 Å². The van der Waals surface area contributed by atoms with Crippen LogP contribution in [-0.2, 0) is 11.3 Å². The molecule has 1 amide bonds. The first-order valence-electron chi connectivity index (χ1n) is 7.72. The predicted molar refractivity (Wildman–Crippen MR) is 91.1 cm³/mol. The van der Waals surface area contributed by atoms with Crippen molar-refractivity contribution in [2.24, 2.45) is 0 Å². The third kappa shape index (κ3) is 5.57. The Balaban J connectivity index is 1.70. The fraction of sp³-hybridized carbons (Fsp3) is 0.278. The van der Waals surface area contributed by atoms with Gasteiger partial charge in [0.1, 0.15) is 12.7 Å². The molecule has 2 aromatic rings. The van der Waals surface area contributed by atoms with E-state index >= 15 is 0 Å². The molecule has 128 valence electrons. The number of alkyl carbamates (subject to hydrolysis) is 1. The van der Waals surface area contributed by atoms with Gasteiger partial charge in [-0.3, -0.25) is 0 Å². The van der Waals surface area contributed by atoms with Crippen molar-refractivity contribution in [3.05, 3.63) is 65.7 Å². The van der Waals surface area contributed by atoms with Crippen LogP contribution in [0.4, 0.5) is 10.5 Å². The number of carbonyl (C=O) groups excluding carboxylic acids is 1. The van der Waals surface area contributed by atoms with E-state index in [0.717, 1.165) is 5.56 Å². The highest BCUT2D eigenvalue weighted by Crippen LogP contribution is 2.20. The van der Waals surface area contributed by atoms with Crippen molar-refractivity contribution in [1.29, 1.82) is 0 Å². The zero-order valence-electron chi connectivity index (χ0n) is 13.3. The minimum absolute atomic E-state index is 0.182. The number of rotatable bonds is 7. The summed E-state index contributed by atoms with van der Waals surface area (Å²) in [7, 11) is 0. The molecule has 0 heterocycles. The average molecular weight is 330 g/mol. The Morgan fingerprint density at radius 3 is 2.58 bits per heavy atom. The van der Waals surface area contributed by atoms with Gasteiger partial charge in [0.2, 0.25) is 0 Å². The number of amides is 1. The molecule has 0 aliphatic heterocycles. The molecule has 0 bridgehead atoms. The third-order valence-corrected chi connectivity index (χ3v) is 3.54. The van der Waals surface area contributed by atoms with Crippen LogP contribution in [0.2, 0.25) is 0 Å². The Kier molecular flexibility index (Phi) is 6.60. The molecule has 5 N–H and O–H groups in total. The van der Waals surface area contributed by atoms with Crippen LogP contribution in [0.25, 0.3) is 0 Å². The van der Waals surface area contributed by atoms with Crippen LogP contribution in [0.1, 0.15) is 23.7 Å². The average Bonchev–Trinajstić information content (AvgIpc) is 2.60. The molecule has 0 spiro atoms. The van der Waals surface area contributed by atoms with E-state index < -0.39 is 18.3 Å². The van der Waals surface area contributed by atoms with Gasteiger partial charge < -0.3 is 26.0 Å². The second-order valence-corrected chi connectivity index (χ2v) is 5.46. The Hall–Kier alpha value is -2.57. The monoisotopic (exact) mass is 330 g/mol. The molecule has 2 atom stereocenters. The molecule has 0 saturated carbocycles. The fourth-order valence-corrected chi connectivity index (χ4v) is 2.22. The number of hydrogen-bond acceptors (Lipinski definition) is 5. The van der Waals surface area contributed by atoms with Gasteiger partial charge >= 0.3 is 6.09 Å². The first kappa shape index (κ1) is 17.8.